The third kappa shape index (κ3) is 6.57. The van der Waals surface area contributed by atoms with Gasteiger partial charge in [0.1, 0.15) is 17.5 Å². The average molecular weight is 613 g/mol. The Balaban J connectivity index is 1.84. The van der Waals surface area contributed by atoms with E-state index in [0.717, 1.165) is 30.0 Å². The largest absolute Gasteiger partial charge is 0.417 e. The number of methoxy groups -OCH3 is 1. The number of benzene rings is 2. The van der Waals surface area contributed by atoms with E-state index in [0.29, 0.717) is 25.0 Å². The van der Waals surface area contributed by atoms with Crippen LogP contribution in [0.15, 0.2) is 41.8 Å². The Morgan fingerprint density at radius 1 is 1.17 bits per heavy atom. The van der Waals surface area contributed by atoms with Crippen molar-refractivity contribution in [1.82, 2.24) is 9.80 Å². The SMILES string of the molecule is C=CC(=O)N1C[C@H](C)N(C(=N)c2cc(C(F)(F)F)c(-c3ccc(F)cc3F)c3c2N[C@@H](COCCOC)CS3)C[C@H]1C. The molecule has 2 N–H and O–H groups in total. The number of amides is 1. The molecule has 2 aliphatic rings. The number of fused-ring (bicyclic) bond motifs is 1. The molecule has 1 saturated heterocycles. The van der Waals surface area contributed by atoms with Gasteiger partial charge in [0.05, 0.1) is 37.1 Å². The third-order valence-corrected chi connectivity index (χ3v) is 8.57. The van der Waals surface area contributed by atoms with Gasteiger partial charge in [-0.15, -0.1) is 11.8 Å². The second-order valence-corrected chi connectivity index (χ2v) is 11.3. The molecule has 228 valence electrons. The Labute approximate surface area is 245 Å². The van der Waals surface area contributed by atoms with Crippen LogP contribution in [0.25, 0.3) is 11.1 Å². The average Bonchev–Trinajstić information content (AvgIpc) is 2.94. The number of thioether (sulfide) groups is 1. The lowest BCUT2D eigenvalue weighted by Crippen LogP contribution is -2.59. The van der Waals surface area contributed by atoms with E-state index in [1.807, 2.05) is 0 Å². The van der Waals surface area contributed by atoms with Gasteiger partial charge >= 0.3 is 6.18 Å². The number of carbonyl (C=O) groups excluding carboxylic acids is 1. The Hall–Kier alpha value is -3.16. The molecule has 1 fully saturated rings. The molecule has 2 aromatic carbocycles. The van der Waals surface area contributed by atoms with Gasteiger partial charge in [0.2, 0.25) is 5.91 Å². The first-order chi connectivity index (χ1) is 19.9. The highest BCUT2D eigenvalue weighted by molar-refractivity contribution is 7.99. The fraction of sp³-hybridized carbons (Fsp3) is 0.448. The molecule has 13 heteroatoms. The van der Waals surface area contributed by atoms with E-state index in [2.05, 4.69) is 11.9 Å². The van der Waals surface area contributed by atoms with Gasteiger partial charge in [-0.05, 0) is 38.1 Å². The lowest BCUT2D eigenvalue weighted by Gasteiger charge is -2.45. The molecule has 2 aromatic rings. The van der Waals surface area contributed by atoms with Crippen molar-refractivity contribution in [3.63, 3.8) is 0 Å². The van der Waals surface area contributed by atoms with Crippen molar-refractivity contribution in [1.29, 1.82) is 5.41 Å². The van der Waals surface area contributed by atoms with Crippen LogP contribution in [0, 0.1) is 17.0 Å². The Kier molecular flexibility index (Phi) is 9.84. The molecule has 2 heterocycles. The monoisotopic (exact) mass is 612 g/mol. The second kappa shape index (κ2) is 13.0. The predicted octanol–water partition coefficient (Wildman–Crippen LogP) is 5.63. The molecule has 0 unspecified atom stereocenters. The summed E-state index contributed by atoms with van der Waals surface area (Å²) in [6.45, 7) is 8.48. The highest BCUT2D eigenvalue weighted by atomic mass is 32.2. The van der Waals surface area contributed by atoms with Crippen LogP contribution >= 0.6 is 11.8 Å². The topological polar surface area (TPSA) is 77.9 Å². The van der Waals surface area contributed by atoms with Crippen LogP contribution < -0.4 is 5.32 Å². The lowest BCUT2D eigenvalue weighted by molar-refractivity contribution is -0.137. The summed E-state index contributed by atoms with van der Waals surface area (Å²) in [5, 5.41) is 12.4. The molecule has 42 heavy (non-hydrogen) atoms. The third-order valence-electron chi connectivity index (χ3n) is 7.30. The van der Waals surface area contributed by atoms with Crippen molar-refractivity contribution in [2.24, 2.45) is 0 Å². The van der Waals surface area contributed by atoms with E-state index < -0.39 is 28.9 Å². The molecular weight excluding hydrogens is 579 g/mol. The van der Waals surface area contributed by atoms with Crippen LogP contribution in [0.5, 0.6) is 0 Å². The molecule has 0 aromatic heterocycles. The van der Waals surface area contributed by atoms with Crippen molar-refractivity contribution in [3.8, 4) is 11.1 Å². The van der Waals surface area contributed by atoms with Gasteiger partial charge in [-0.3, -0.25) is 10.2 Å². The van der Waals surface area contributed by atoms with Crippen LogP contribution in [0.4, 0.5) is 27.6 Å². The minimum absolute atomic E-state index is 0.0137. The van der Waals surface area contributed by atoms with Gasteiger partial charge < -0.3 is 24.6 Å². The minimum atomic E-state index is -4.91. The number of alkyl halides is 3. The number of rotatable bonds is 8. The Morgan fingerprint density at radius 3 is 2.50 bits per heavy atom. The maximum absolute atomic E-state index is 15.0. The summed E-state index contributed by atoms with van der Waals surface area (Å²) in [4.78, 5) is 15.7. The first kappa shape index (κ1) is 31.8. The first-order valence-corrected chi connectivity index (χ1v) is 14.3. The molecule has 2 aliphatic heterocycles. The van der Waals surface area contributed by atoms with Crippen LogP contribution in [0.2, 0.25) is 0 Å². The number of hydrogen-bond donors (Lipinski definition) is 2. The Bertz CT molecular complexity index is 1360. The van der Waals surface area contributed by atoms with Crippen LogP contribution in [-0.2, 0) is 20.4 Å². The fourth-order valence-electron chi connectivity index (χ4n) is 5.22. The number of nitrogens with zero attached hydrogens (tertiary/aromatic N) is 2. The van der Waals surface area contributed by atoms with E-state index in [1.54, 1.807) is 23.6 Å². The zero-order valence-electron chi connectivity index (χ0n) is 23.5. The van der Waals surface area contributed by atoms with Crippen molar-refractivity contribution in [2.75, 3.05) is 51.1 Å². The van der Waals surface area contributed by atoms with Gasteiger partial charge in [0, 0.05) is 65.7 Å². The van der Waals surface area contributed by atoms with Crippen LogP contribution in [0.3, 0.4) is 0 Å². The van der Waals surface area contributed by atoms with Gasteiger partial charge in [-0.25, -0.2) is 8.78 Å². The molecular formula is C29H33F5N4O3S. The van der Waals surface area contributed by atoms with E-state index >= 15 is 4.39 Å². The summed E-state index contributed by atoms with van der Waals surface area (Å²) >= 11 is 1.10. The number of piperazine rings is 1. The lowest BCUT2D eigenvalue weighted by atomic mass is 9.93. The van der Waals surface area contributed by atoms with Crippen molar-refractivity contribution in [3.05, 3.63) is 59.7 Å². The van der Waals surface area contributed by atoms with Gasteiger partial charge in [-0.1, -0.05) is 6.58 Å². The summed E-state index contributed by atoms with van der Waals surface area (Å²) in [6, 6.07) is 2.29. The zero-order chi connectivity index (χ0) is 30.8. The summed E-state index contributed by atoms with van der Waals surface area (Å²) < 4.78 is 83.3. The number of nitrogens with one attached hydrogen (secondary N) is 2. The summed E-state index contributed by atoms with van der Waals surface area (Å²) in [5.41, 5.74) is -1.70. The molecule has 4 rings (SSSR count). The number of halogens is 5. The molecule has 0 spiro atoms. The van der Waals surface area contributed by atoms with Gasteiger partial charge in [0.15, 0.2) is 0 Å². The van der Waals surface area contributed by atoms with E-state index in [4.69, 9.17) is 14.9 Å². The summed E-state index contributed by atoms with van der Waals surface area (Å²) in [5.74, 6) is -2.16. The van der Waals surface area contributed by atoms with Crippen LogP contribution in [-0.4, -0.2) is 85.4 Å². The van der Waals surface area contributed by atoms with Gasteiger partial charge in [0.25, 0.3) is 0 Å². The number of ether oxygens (including phenoxy) is 2. The zero-order valence-corrected chi connectivity index (χ0v) is 24.3. The number of anilines is 1. The van der Waals surface area contributed by atoms with E-state index in [1.165, 1.54) is 13.2 Å². The Morgan fingerprint density at radius 2 is 1.86 bits per heavy atom. The maximum atomic E-state index is 15.0. The smallest absolute Gasteiger partial charge is 0.382 e. The normalized spacial score (nSPS) is 20.6. The summed E-state index contributed by atoms with van der Waals surface area (Å²) in [6.07, 6.45) is -3.70. The molecule has 1 amide bonds. The number of carbonyl (C=O) groups is 1. The van der Waals surface area contributed by atoms with Gasteiger partial charge in [-0.2, -0.15) is 13.2 Å². The van der Waals surface area contributed by atoms with Crippen molar-refractivity contribution >= 4 is 29.2 Å². The van der Waals surface area contributed by atoms with E-state index in [-0.39, 0.29) is 71.3 Å². The van der Waals surface area contributed by atoms with Crippen molar-refractivity contribution in [2.45, 2.75) is 43.0 Å². The highest BCUT2D eigenvalue weighted by Crippen LogP contribution is 2.50. The van der Waals surface area contributed by atoms with Crippen molar-refractivity contribution < 1.29 is 36.2 Å². The van der Waals surface area contributed by atoms with Crippen LogP contribution in [0.1, 0.15) is 25.0 Å². The first-order valence-electron chi connectivity index (χ1n) is 13.4. The predicted molar refractivity (Wildman–Crippen MR) is 152 cm³/mol. The van der Waals surface area contributed by atoms with E-state index in [9.17, 15) is 22.4 Å². The molecule has 0 bridgehead atoms. The molecule has 3 atom stereocenters. The maximum Gasteiger partial charge on any atom is 0.417 e. The molecule has 7 nitrogen and oxygen atoms in total. The second-order valence-electron chi connectivity index (χ2n) is 10.3. The molecule has 0 saturated carbocycles. The standard InChI is InChI=1S/C29H33F5N4O3S/c1-5-24(39)37-12-17(3)38(13-16(37)2)28(35)21-11-22(29(32,33)34)25(20-7-6-18(30)10-23(20)31)27-26(21)36-19(15-42-27)14-41-9-8-40-4/h5-7,10-11,16-17,19,35-36H,1,8-9,12-15H2,2-4H3/t16-,17+,19+/m1/s1. The minimum Gasteiger partial charge on any atom is -0.382 e. The highest BCUT2D eigenvalue weighted by Gasteiger charge is 2.41. The number of amidine groups is 1. The quantitative estimate of drug-likeness (QED) is 0.132. The molecule has 0 aliphatic carbocycles. The summed E-state index contributed by atoms with van der Waals surface area (Å²) in [7, 11) is 1.54. The molecule has 0 radical (unpaired) electrons. The fourth-order valence-corrected chi connectivity index (χ4v) is 6.45. The number of hydrogen-bond acceptors (Lipinski definition) is 6.